The van der Waals surface area contributed by atoms with E-state index in [4.69, 9.17) is 4.42 Å². The Morgan fingerprint density at radius 1 is 1.26 bits per heavy atom. The molecule has 0 saturated carbocycles. The molecule has 1 aromatic carbocycles. The number of methoxy groups -OCH3 is 1. The van der Waals surface area contributed by atoms with Gasteiger partial charge in [0.15, 0.2) is 0 Å². The van der Waals surface area contributed by atoms with E-state index in [0.717, 1.165) is 5.56 Å². The lowest BCUT2D eigenvalue weighted by Gasteiger charge is -2.03. The van der Waals surface area contributed by atoms with Gasteiger partial charge >= 0.3 is 5.97 Å². The lowest BCUT2D eigenvalue weighted by molar-refractivity contribution is -0.140. The predicted molar refractivity (Wildman–Crippen MR) is 84.6 cm³/mol. The first-order valence-corrected chi connectivity index (χ1v) is 7.45. The molecule has 2 rings (SSSR count). The van der Waals surface area contributed by atoms with Crippen molar-refractivity contribution in [2.75, 3.05) is 13.7 Å². The molecule has 0 spiro atoms. The Hall–Kier alpha value is -2.63. The Kier molecular flexibility index (Phi) is 5.91. The van der Waals surface area contributed by atoms with Gasteiger partial charge in [0.1, 0.15) is 5.76 Å². The number of nitrogens with one attached hydrogen (secondary N) is 1. The molecule has 1 N–H and O–H groups in total. The summed E-state index contributed by atoms with van der Waals surface area (Å²) in [4.78, 5) is 27.3. The first-order chi connectivity index (χ1) is 11.1. The van der Waals surface area contributed by atoms with Gasteiger partial charge in [0.05, 0.1) is 19.2 Å². The molecular formula is C17H20N2O4. The largest absolute Gasteiger partial charge is 0.469 e. The molecule has 0 atom stereocenters. The Bertz CT molecular complexity index is 664. The van der Waals surface area contributed by atoms with Crippen molar-refractivity contribution in [2.45, 2.75) is 26.2 Å². The van der Waals surface area contributed by atoms with Gasteiger partial charge in [-0.25, -0.2) is 4.98 Å². The first kappa shape index (κ1) is 16.7. The van der Waals surface area contributed by atoms with Crippen molar-refractivity contribution in [1.29, 1.82) is 0 Å². The Morgan fingerprint density at radius 2 is 2.00 bits per heavy atom. The normalized spacial score (nSPS) is 10.3. The zero-order valence-electron chi connectivity index (χ0n) is 13.3. The molecule has 0 unspecified atom stereocenters. The molecular weight excluding hydrogens is 296 g/mol. The highest BCUT2D eigenvalue weighted by Crippen LogP contribution is 2.21. The number of nitrogens with zero attached hydrogens (tertiary/aromatic N) is 1. The van der Waals surface area contributed by atoms with Crippen LogP contribution in [-0.4, -0.2) is 30.5 Å². The number of carbonyl (C=O) groups is 2. The van der Waals surface area contributed by atoms with E-state index in [1.165, 1.54) is 7.11 Å². The average Bonchev–Trinajstić information content (AvgIpc) is 2.93. The first-order valence-electron chi connectivity index (χ1n) is 7.45. The van der Waals surface area contributed by atoms with Crippen LogP contribution in [0.5, 0.6) is 0 Å². The molecule has 0 radical (unpaired) electrons. The maximum absolute atomic E-state index is 11.9. The highest BCUT2D eigenvalue weighted by atomic mass is 16.5. The number of oxazole rings is 1. The van der Waals surface area contributed by atoms with Crippen LogP contribution in [0.3, 0.4) is 0 Å². The molecule has 0 aliphatic heterocycles. The molecule has 1 aromatic heterocycles. The van der Waals surface area contributed by atoms with Gasteiger partial charge in [-0.1, -0.05) is 18.2 Å². The minimum atomic E-state index is -0.279. The van der Waals surface area contributed by atoms with Gasteiger partial charge in [0.2, 0.25) is 11.8 Å². The van der Waals surface area contributed by atoms with E-state index in [-0.39, 0.29) is 24.7 Å². The van der Waals surface area contributed by atoms with Crippen molar-refractivity contribution in [1.82, 2.24) is 10.3 Å². The van der Waals surface area contributed by atoms with E-state index in [1.54, 1.807) is 6.92 Å². The molecule has 0 saturated heterocycles. The fraction of sp³-hybridized carbons (Fsp3) is 0.353. The molecule has 23 heavy (non-hydrogen) atoms. The second kappa shape index (κ2) is 8.12. The predicted octanol–water partition coefficient (Wildman–Crippen LogP) is 2.26. The Labute approximate surface area is 134 Å². The van der Waals surface area contributed by atoms with Crippen LogP contribution in [0.4, 0.5) is 0 Å². The van der Waals surface area contributed by atoms with Crippen LogP contribution >= 0.6 is 0 Å². The second-order valence-electron chi connectivity index (χ2n) is 5.09. The number of carbonyl (C=O) groups excluding carboxylic acids is 2. The summed E-state index contributed by atoms with van der Waals surface area (Å²) in [6.07, 6.45) is 0.990. The Balaban J connectivity index is 1.87. The zero-order chi connectivity index (χ0) is 16.7. The van der Waals surface area contributed by atoms with Gasteiger partial charge in [-0.15, -0.1) is 0 Å². The van der Waals surface area contributed by atoms with E-state index >= 15 is 0 Å². The molecule has 0 fully saturated rings. The summed E-state index contributed by atoms with van der Waals surface area (Å²) in [6, 6.07) is 9.54. The van der Waals surface area contributed by atoms with E-state index in [9.17, 15) is 9.59 Å². The summed E-state index contributed by atoms with van der Waals surface area (Å²) in [5, 5.41) is 2.76. The van der Waals surface area contributed by atoms with Gasteiger partial charge in [0, 0.05) is 18.5 Å². The van der Waals surface area contributed by atoms with Crippen LogP contribution in [0.2, 0.25) is 0 Å². The lowest BCUT2D eigenvalue weighted by atomic mass is 10.2. The summed E-state index contributed by atoms with van der Waals surface area (Å²) in [5.74, 6) is 0.718. The number of aryl methyl sites for hydroxylation is 1. The van der Waals surface area contributed by atoms with Crippen molar-refractivity contribution in [3.8, 4) is 11.5 Å². The highest BCUT2D eigenvalue weighted by molar-refractivity contribution is 5.78. The molecule has 1 heterocycles. The molecule has 0 aliphatic carbocycles. The van der Waals surface area contributed by atoms with E-state index < -0.39 is 0 Å². The summed E-state index contributed by atoms with van der Waals surface area (Å²) >= 11 is 0. The van der Waals surface area contributed by atoms with Gasteiger partial charge in [-0.05, 0) is 25.5 Å². The Morgan fingerprint density at radius 3 is 2.70 bits per heavy atom. The van der Waals surface area contributed by atoms with Crippen molar-refractivity contribution >= 4 is 11.9 Å². The van der Waals surface area contributed by atoms with Gasteiger partial charge in [-0.2, -0.15) is 0 Å². The number of esters is 1. The van der Waals surface area contributed by atoms with Crippen molar-refractivity contribution in [2.24, 2.45) is 0 Å². The number of amides is 1. The molecule has 122 valence electrons. The fourth-order valence-electron chi connectivity index (χ4n) is 2.07. The standard InChI is InChI=1S/C17H20N2O4/c1-12-14(11-15(20)18-10-6-9-16(21)22-2)19-17(23-12)13-7-4-3-5-8-13/h3-5,7-8H,6,9-11H2,1-2H3,(H,18,20). The van der Waals surface area contributed by atoms with Crippen LogP contribution in [0.1, 0.15) is 24.3 Å². The van der Waals surface area contributed by atoms with Crippen LogP contribution in [0.25, 0.3) is 11.5 Å². The minimum absolute atomic E-state index is 0.147. The molecule has 2 aromatic rings. The second-order valence-corrected chi connectivity index (χ2v) is 5.09. The molecule has 0 aliphatic rings. The van der Waals surface area contributed by atoms with E-state index in [1.807, 2.05) is 30.3 Å². The number of benzene rings is 1. The third-order valence-electron chi connectivity index (χ3n) is 3.35. The third kappa shape index (κ3) is 4.95. The quantitative estimate of drug-likeness (QED) is 0.626. The van der Waals surface area contributed by atoms with Gasteiger partial charge < -0.3 is 14.5 Å². The fourth-order valence-corrected chi connectivity index (χ4v) is 2.07. The van der Waals surface area contributed by atoms with Crippen LogP contribution in [0, 0.1) is 6.92 Å². The van der Waals surface area contributed by atoms with Crippen molar-refractivity contribution in [3.63, 3.8) is 0 Å². The number of ether oxygens (including phenoxy) is 1. The number of aromatic nitrogens is 1. The maximum atomic E-state index is 11.9. The topological polar surface area (TPSA) is 81.4 Å². The maximum Gasteiger partial charge on any atom is 0.305 e. The molecule has 6 heteroatoms. The number of hydrogen-bond acceptors (Lipinski definition) is 5. The summed E-state index contributed by atoms with van der Waals surface area (Å²) in [6.45, 7) is 2.22. The number of rotatable bonds is 7. The van der Waals surface area contributed by atoms with E-state index in [2.05, 4.69) is 15.0 Å². The van der Waals surface area contributed by atoms with Crippen molar-refractivity contribution < 1.29 is 18.7 Å². The summed E-state index contributed by atoms with van der Waals surface area (Å²) < 4.78 is 10.2. The summed E-state index contributed by atoms with van der Waals surface area (Å²) in [7, 11) is 1.35. The van der Waals surface area contributed by atoms with Crippen molar-refractivity contribution in [3.05, 3.63) is 41.8 Å². The van der Waals surface area contributed by atoms with E-state index in [0.29, 0.717) is 30.3 Å². The monoisotopic (exact) mass is 316 g/mol. The number of hydrogen-bond donors (Lipinski definition) is 1. The highest BCUT2D eigenvalue weighted by Gasteiger charge is 2.14. The SMILES string of the molecule is COC(=O)CCCNC(=O)Cc1nc(-c2ccccc2)oc1C. The molecule has 0 bridgehead atoms. The molecule has 6 nitrogen and oxygen atoms in total. The van der Waals surface area contributed by atoms with Gasteiger partial charge in [0.25, 0.3) is 0 Å². The average molecular weight is 316 g/mol. The van der Waals surface area contributed by atoms with Crippen LogP contribution in [-0.2, 0) is 20.7 Å². The minimum Gasteiger partial charge on any atom is -0.469 e. The third-order valence-corrected chi connectivity index (χ3v) is 3.35. The smallest absolute Gasteiger partial charge is 0.305 e. The zero-order valence-corrected chi connectivity index (χ0v) is 13.3. The lowest BCUT2D eigenvalue weighted by Crippen LogP contribution is -2.26. The molecule has 1 amide bonds. The summed E-state index contributed by atoms with van der Waals surface area (Å²) in [5.41, 5.74) is 1.50. The van der Waals surface area contributed by atoms with Gasteiger partial charge in [-0.3, -0.25) is 9.59 Å². The van der Waals surface area contributed by atoms with Crippen LogP contribution in [0.15, 0.2) is 34.7 Å². The van der Waals surface area contributed by atoms with Crippen LogP contribution < -0.4 is 5.32 Å².